The second kappa shape index (κ2) is 3.95. The molecule has 18 heavy (non-hydrogen) atoms. The van der Waals surface area contributed by atoms with E-state index in [2.05, 4.69) is 6.07 Å². The highest BCUT2D eigenvalue weighted by atomic mass is 16.5. The normalized spacial score (nSPS) is 37.1. The number of hydrogen-bond donors (Lipinski definition) is 1. The molecule has 0 bridgehead atoms. The van der Waals surface area contributed by atoms with Crippen LogP contribution in [0.25, 0.3) is 0 Å². The molecule has 1 heterocycles. The lowest BCUT2D eigenvalue weighted by molar-refractivity contribution is -0.171. The molecule has 2 rings (SSSR count). The van der Waals surface area contributed by atoms with Gasteiger partial charge >= 0.3 is 0 Å². The lowest BCUT2D eigenvalue weighted by Crippen LogP contribution is -2.59. The minimum atomic E-state index is -1.04. The van der Waals surface area contributed by atoms with E-state index in [1.165, 1.54) is 6.42 Å². The van der Waals surface area contributed by atoms with Gasteiger partial charge in [0.25, 0.3) is 0 Å². The third-order valence-electron chi connectivity index (χ3n) is 4.92. The Morgan fingerprint density at radius 3 is 2.00 bits per heavy atom. The Balaban J connectivity index is 2.43. The fourth-order valence-electron chi connectivity index (χ4n) is 4.16. The summed E-state index contributed by atoms with van der Waals surface area (Å²) in [7, 11) is 0. The van der Waals surface area contributed by atoms with E-state index in [4.69, 9.17) is 4.74 Å². The van der Waals surface area contributed by atoms with Crippen LogP contribution in [0.3, 0.4) is 0 Å². The van der Waals surface area contributed by atoms with Crippen LogP contribution >= 0.6 is 0 Å². The van der Waals surface area contributed by atoms with E-state index in [9.17, 15) is 10.4 Å². The monoisotopic (exact) mass is 251 g/mol. The van der Waals surface area contributed by atoms with Crippen LogP contribution in [0.5, 0.6) is 0 Å². The van der Waals surface area contributed by atoms with Gasteiger partial charge in [0, 0.05) is 6.42 Å². The topological polar surface area (TPSA) is 53.2 Å². The average molecular weight is 251 g/mol. The van der Waals surface area contributed by atoms with Gasteiger partial charge in [0.1, 0.15) is 5.60 Å². The number of nitrogens with zero attached hydrogens (tertiary/aromatic N) is 1. The first-order valence-corrected chi connectivity index (χ1v) is 7.02. The van der Waals surface area contributed by atoms with Crippen LogP contribution in [0.2, 0.25) is 0 Å². The molecule has 0 radical (unpaired) electrons. The fourth-order valence-corrected chi connectivity index (χ4v) is 4.16. The quantitative estimate of drug-likeness (QED) is 0.778. The van der Waals surface area contributed by atoms with Crippen LogP contribution in [0, 0.1) is 16.7 Å². The molecule has 1 saturated heterocycles. The summed E-state index contributed by atoms with van der Waals surface area (Å²) in [5.74, 6) is 0. The Bertz CT molecular complexity index is 374. The zero-order chi connectivity index (χ0) is 13.7. The number of aliphatic hydroxyl groups is 1. The summed E-state index contributed by atoms with van der Waals surface area (Å²) in [6.07, 6.45) is 5.37. The van der Waals surface area contributed by atoms with Gasteiger partial charge in [-0.3, -0.25) is 0 Å². The van der Waals surface area contributed by atoms with Crippen molar-refractivity contribution in [1.29, 1.82) is 5.26 Å². The molecule has 0 aromatic rings. The van der Waals surface area contributed by atoms with Crippen LogP contribution in [0.1, 0.15) is 66.2 Å². The molecule has 0 amide bonds. The van der Waals surface area contributed by atoms with Gasteiger partial charge in [-0.2, -0.15) is 5.26 Å². The Kier molecular flexibility index (Phi) is 3.04. The van der Waals surface area contributed by atoms with Gasteiger partial charge in [-0.15, -0.1) is 0 Å². The molecule has 2 aliphatic rings. The summed E-state index contributed by atoms with van der Waals surface area (Å²) in [5.41, 5.74) is -2.70. The van der Waals surface area contributed by atoms with Crippen molar-refractivity contribution in [3.63, 3.8) is 0 Å². The number of hydrogen-bond acceptors (Lipinski definition) is 3. The van der Waals surface area contributed by atoms with Gasteiger partial charge < -0.3 is 9.84 Å². The van der Waals surface area contributed by atoms with Crippen molar-refractivity contribution in [2.75, 3.05) is 0 Å². The van der Waals surface area contributed by atoms with Crippen molar-refractivity contribution in [1.82, 2.24) is 0 Å². The first-order chi connectivity index (χ1) is 8.18. The van der Waals surface area contributed by atoms with Gasteiger partial charge in [0.05, 0.1) is 22.7 Å². The van der Waals surface area contributed by atoms with E-state index in [-0.39, 0.29) is 5.60 Å². The summed E-state index contributed by atoms with van der Waals surface area (Å²) in [5, 5.41) is 21.0. The number of ether oxygens (including phenoxy) is 1. The van der Waals surface area contributed by atoms with Crippen molar-refractivity contribution in [2.24, 2.45) is 5.41 Å². The molecule has 0 spiro atoms. The van der Waals surface area contributed by atoms with E-state index in [0.717, 1.165) is 25.7 Å². The fraction of sp³-hybridized carbons (Fsp3) is 0.933. The van der Waals surface area contributed by atoms with Crippen molar-refractivity contribution in [3.05, 3.63) is 0 Å². The van der Waals surface area contributed by atoms with Gasteiger partial charge in [0.15, 0.2) is 0 Å². The maximum atomic E-state index is 11.3. The smallest absolute Gasteiger partial charge is 0.114 e. The first kappa shape index (κ1) is 13.8. The summed E-state index contributed by atoms with van der Waals surface area (Å²) >= 11 is 0. The lowest BCUT2D eigenvalue weighted by atomic mass is 9.58. The second-order valence-corrected chi connectivity index (χ2v) is 7.16. The molecule has 0 aromatic carbocycles. The van der Waals surface area contributed by atoms with E-state index in [1.807, 2.05) is 27.7 Å². The largest absolute Gasteiger partial charge is 0.385 e. The molecule has 102 valence electrons. The van der Waals surface area contributed by atoms with Gasteiger partial charge in [-0.25, -0.2) is 0 Å². The maximum Gasteiger partial charge on any atom is 0.114 e. The van der Waals surface area contributed by atoms with Crippen LogP contribution in [-0.2, 0) is 4.74 Å². The molecule has 1 atom stereocenters. The summed E-state index contributed by atoms with van der Waals surface area (Å²) < 4.78 is 6.03. The second-order valence-electron chi connectivity index (χ2n) is 7.16. The molecule has 1 aliphatic heterocycles. The highest BCUT2D eigenvalue weighted by Crippen LogP contribution is 2.58. The van der Waals surface area contributed by atoms with Gasteiger partial charge in [0.2, 0.25) is 0 Å². The first-order valence-electron chi connectivity index (χ1n) is 7.02. The van der Waals surface area contributed by atoms with Crippen molar-refractivity contribution in [2.45, 2.75) is 83.0 Å². The highest BCUT2D eigenvalue weighted by molar-refractivity contribution is 5.22. The highest BCUT2D eigenvalue weighted by Gasteiger charge is 2.66. The number of nitriles is 1. The van der Waals surface area contributed by atoms with Gasteiger partial charge in [-0.1, -0.05) is 19.3 Å². The molecule has 2 fully saturated rings. The Morgan fingerprint density at radius 1 is 1.06 bits per heavy atom. The zero-order valence-corrected chi connectivity index (χ0v) is 12.0. The predicted octanol–water partition coefficient (Wildman–Crippen LogP) is 3.17. The third kappa shape index (κ3) is 1.78. The van der Waals surface area contributed by atoms with E-state index in [1.54, 1.807) is 0 Å². The van der Waals surface area contributed by atoms with E-state index in [0.29, 0.717) is 6.42 Å². The molecule has 0 aromatic heterocycles. The predicted molar refractivity (Wildman–Crippen MR) is 69.9 cm³/mol. The Labute approximate surface area is 110 Å². The molecular formula is C15H25NO2. The van der Waals surface area contributed by atoms with E-state index >= 15 is 0 Å². The zero-order valence-electron chi connectivity index (χ0n) is 12.0. The van der Waals surface area contributed by atoms with Crippen LogP contribution in [-0.4, -0.2) is 21.9 Å². The molecular weight excluding hydrogens is 226 g/mol. The summed E-state index contributed by atoms with van der Waals surface area (Å²) in [4.78, 5) is 0. The van der Waals surface area contributed by atoms with Crippen molar-refractivity contribution >= 4 is 0 Å². The molecule has 1 aliphatic carbocycles. The maximum absolute atomic E-state index is 11.3. The minimum Gasteiger partial charge on any atom is -0.385 e. The standard InChI is InChI=1S/C15H25NO2/c1-12(2)10-15(17,13(3,4)18-12)14(11-16)8-6-5-7-9-14/h17H,5-10H2,1-4H3. The minimum absolute atomic E-state index is 0.362. The molecule has 1 unspecified atom stereocenters. The summed E-state index contributed by atoms with van der Waals surface area (Å²) in [6.45, 7) is 7.85. The third-order valence-corrected chi connectivity index (χ3v) is 4.92. The summed E-state index contributed by atoms with van der Waals surface area (Å²) in [6, 6.07) is 2.46. The van der Waals surface area contributed by atoms with Crippen LogP contribution < -0.4 is 0 Å². The molecule has 1 saturated carbocycles. The van der Waals surface area contributed by atoms with Crippen LogP contribution in [0.15, 0.2) is 0 Å². The van der Waals surface area contributed by atoms with E-state index < -0.39 is 16.6 Å². The molecule has 3 heteroatoms. The Hall–Kier alpha value is -0.590. The molecule has 1 N–H and O–H groups in total. The molecule has 3 nitrogen and oxygen atoms in total. The van der Waals surface area contributed by atoms with Crippen LogP contribution in [0.4, 0.5) is 0 Å². The van der Waals surface area contributed by atoms with Gasteiger partial charge in [-0.05, 0) is 40.5 Å². The SMILES string of the molecule is CC1(C)CC(O)(C2(C#N)CCCCC2)C(C)(C)O1. The van der Waals surface area contributed by atoms with Crippen molar-refractivity contribution in [3.8, 4) is 6.07 Å². The lowest BCUT2D eigenvalue weighted by Gasteiger charge is -2.48. The average Bonchev–Trinajstić information content (AvgIpc) is 2.44. The Morgan fingerprint density at radius 2 is 1.61 bits per heavy atom. The number of rotatable bonds is 1. The van der Waals surface area contributed by atoms with Crippen molar-refractivity contribution < 1.29 is 9.84 Å².